The molecule has 0 fully saturated rings. The van der Waals surface area contributed by atoms with E-state index in [2.05, 4.69) is 20.9 Å². The van der Waals surface area contributed by atoms with E-state index < -0.39 is 0 Å². The average molecular weight is 319 g/mol. The number of hydrogen-bond acceptors (Lipinski definition) is 5. The molecule has 1 N–H and O–H groups in total. The van der Waals surface area contributed by atoms with E-state index >= 15 is 0 Å². The molecule has 2 aromatic rings. The van der Waals surface area contributed by atoms with Crippen LogP contribution in [0.3, 0.4) is 0 Å². The van der Waals surface area contributed by atoms with E-state index in [4.69, 9.17) is 4.42 Å². The van der Waals surface area contributed by atoms with Crippen molar-refractivity contribution in [3.05, 3.63) is 33.2 Å². The van der Waals surface area contributed by atoms with Crippen molar-refractivity contribution in [1.82, 2.24) is 15.5 Å². The van der Waals surface area contributed by atoms with Crippen LogP contribution in [-0.2, 0) is 12.8 Å². The van der Waals surface area contributed by atoms with Crippen LogP contribution in [0.25, 0.3) is 0 Å². The summed E-state index contributed by atoms with van der Waals surface area (Å²) < 4.78 is 5.60. The van der Waals surface area contributed by atoms with Crippen LogP contribution in [0.15, 0.2) is 9.80 Å². The molecular formula is C16H21N3O2S. The molecule has 0 aliphatic heterocycles. The highest BCUT2D eigenvalue weighted by Crippen LogP contribution is 2.30. The number of nitrogens with one attached hydrogen (secondary N) is 1. The fourth-order valence-corrected chi connectivity index (χ4v) is 3.75. The minimum Gasteiger partial charge on any atom is -0.423 e. The summed E-state index contributed by atoms with van der Waals surface area (Å²) in [6, 6.07) is -0.283. The number of hydrogen-bond donors (Lipinski definition) is 1. The third-order valence-corrected chi connectivity index (χ3v) is 5.05. The molecule has 2 aromatic heterocycles. The summed E-state index contributed by atoms with van der Waals surface area (Å²) in [5, 5.41) is 13.1. The highest BCUT2D eigenvalue weighted by Gasteiger charge is 2.23. The number of carbonyl (C=O) groups is 1. The number of thiophene rings is 1. The molecule has 1 aliphatic carbocycles. The molecule has 0 radical (unpaired) electrons. The number of amides is 1. The molecule has 2 heterocycles. The van der Waals surface area contributed by atoms with E-state index in [1.807, 2.05) is 20.8 Å². The molecule has 0 unspecified atom stereocenters. The maximum atomic E-state index is 12.5. The van der Waals surface area contributed by atoms with Gasteiger partial charge in [0, 0.05) is 5.92 Å². The molecule has 0 spiro atoms. The molecule has 118 valence electrons. The Morgan fingerprint density at radius 2 is 1.95 bits per heavy atom. The monoisotopic (exact) mass is 319 g/mol. The number of carbonyl (C=O) groups excluding carboxylic acids is 1. The number of nitrogens with zero attached hydrogens (tertiary/aromatic N) is 2. The van der Waals surface area contributed by atoms with Gasteiger partial charge >= 0.3 is 0 Å². The van der Waals surface area contributed by atoms with Crippen LogP contribution in [0.4, 0.5) is 0 Å². The standard InChI is InChI=1S/C16H21N3O2S/c1-9(2)15-18-19-16(21-15)10(3)17-14(20)13-12-7-5-4-6-11(12)8-22-13/h8-10H,4-7H2,1-3H3,(H,17,20)/t10-/m0/s1. The summed E-state index contributed by atoms with van der Waals surface area (Å²) in [6.07, 6.45) is 4.49. The van der Waals surface area contributed by atoms with E-state index in [0.29, 0.717) is 11.8 Å². The number of aromatic nitrogens is 2. The first-order valence-corrected chi connectivity index (χ1v) is 8.67. The van der Waals surface area contributed by atoms with Crippen LogP contribution >= 0.6 is 11.3 Å². The lowest BCUT2D eigenvalue weighted by molar-refractivity contribution is 0.0937. The van der Waals surface area contributed by atoms with Crippen LogP contribution in [-0.4, -0.2) is 16.1 Å². The Hall–Kier alpha value is -1.69. The Balaban J connectivity index is 1.72. The summed E-state index contributed by atoms with van der Waals surface area (Å²) in [6.45, 7) is 5.87. The minimum atomic E-state index is -0.283. The van der Waals surface area contributed by atoms with E-state index in [1.165, 1.54) is 24.0 Å². The molecule has 0 saturated heterocycles. The van der Waals surface area contributed by atoms with Gasteiger partial charge in [-0.15, -0.1) is 21.5 Å². The van der Waals surface area contributed by atoms with Crippen LogP contribution in [0.5, 0.6) is 0 Å². The summed E-state index contributed by atoms with van der Waals surface area (Å²) >= 11 is 1.54. The van der Waals surface area contributed by atoms with Gasteiger partial charge in [-0.3, -0.25) is 4.79 Å². The van der Waals surface area contributed by atoms with Crippen molar-refractivity contribution >= 4 is 17.2 Å². The second-order valence-corrected chi connectivity index (χ2v) is 6.98. The molecule has 3 rings (SSSR count). The lowest BCUT2D eigenvalue weighted by Gasteiger charge is -2.14. The molecular weight excluding hydrogens is 298 g/mol. The molecule has 0 bridgehead atoms. The first-order valence-electron chi connectivity index (χ1n) is 7.79. The summed E-state index contributed by atoms with van der Waals surface area (Å²) in [5.41, 5.74) is 2.57. The summed E-state index contributed by atoms with van der Waals surface area (Å²) in [7, 11) is 0. The Labute approximate surface area is 134 Å². The second-order valence-electron chi connectivity index (χ2n) is 6.10. The maximum Gasteiger partial charge on any atom is 0.262 e. The smallest absolute Gasteiger partial charge is 0.262 e. The predicted octanol–water partition coefficient (Wildman–Crippen LogP) is 3.62. The normalized spacial score (nSPS) is 15.6. The van der Waals surface area contributed by atoms with Crippen LogP contribution in [0.2, 0.25) is 0 Å². The first kappa shape index (κ1) is 15.2. The second kappa shape index (κ2) is 6.20. The van der Waals surface area contributed by atoms with Gasteiger partial charge in [0.2, 0.25) is 11.8 Å². The van der Waals surface area contributed by atoms with E-state index in [0.717, 1.165) is 17.7 Å². The number of rotatable bonds is 4. The Morgan fingerprint density at radius 1 is 1.23 bits per heavy atom. The third-order valence-electron chi connectivity index (χ3n) is 3.98. The maximum absolute atomic E-state index is 12.5. The molecule has 1 aliphatic rings. The van der Waals surface area contributed by atoms with Gasteiger partial charge < -0.3 is 9.73 Å². The third kappa shape index (κ3) is 2.92. The minimum absolute atomic E-state index is 0.0371. The van der Waals surface area contributed by atoms with Crippen molar-refractivity contribution in [2.24, 2.45) is 0 Å². The molecule has 0 aromatic carbocycles. The molecule has 6 heteroatoms. The van der Waals surface area contributed by atoms with Crippen molar-refractivity contribution in [2.45, 2.75) is 58.4 Å². The van der Waals surface area contributed by atoms with Gasteiger partial charge in [-0.05, 0) is 49.1 Å². The fraction of sp³-hybridized carbons (Fsp3) is 0.562. The summed E-state index contributed by atoms with van der Waals surface area (Å²) in [4.78, 5) is 13.3. The number of aryl methyl sites for hydroxylation is 1. The van der Waals surface area contributed by atoms with Crippen LogP contribution < -0.4 is 5.32 Å². The zero-order valence-electron chi connectivity index (χ0n) is 13.2. The molecule has 1 atom stereocenters. The van der Waals surface area contributed by atoms with Gasteiger partial charge in [0.1, 0.15) is 6.04 Å². The highest BCUT2D eigenvalue weighted by molar-refractivity contribution is 7.12. The van der Waals surface area contributed by atoms with Crippen molar-refractivity contribution in [2.75, 3.05) is 0 Å². The van der Waals surface area contributed by atoms with Gasteiger partial charge in [0.05, 0.1) is 4.88 Å². The van der Waals surface area contributed by atoms with E-state index in [1.54, 1.807) is 11.3 Å². The lowest BCUT2D eigenvalue weighted by Crippen LogP contribution is -2.27. The average Bonchev–Trinajstić information content (AvgIpc) is 3.14. The Morgan fingerprint density at radius 3 is 2.68 bits per heavy atom. The largest absolute Gasteiger partial charge is 0.423 e. The molecule has 1 amide bonds. The van der Waals surface area contributed by atoms with Gasteiger partial charge in [-0.2, -0.15) is 0 Å². The lowest BCUT2D eigenvalue weighted by atomic mass is 9.94. The van der Waals surface area contributed by atoms with Crippen molar-refractivity contribution < 1.29 is 9.21 Å². The Bertz CT molecular complexity index is 675. The SMILES string of the molecule is CC(C)c1nnc([C@H](C)NC(=O)c2scc3c2CCCC3)o1. The van der Waals surface area contributed by atoms with Crippen LogP contribution in [0, 0.1) is 0 Å². The highest BCUT2D eigenvalue weighted by atomic mass is 32.1. The Kier molecular flexibility index (Phi) is 4.29. The van der Waals surface area contributed by atoms with E-state index in [9.17, 15) is 4.79 Å². The molecule has 22 heavy (non-hydrogen) atoms. The van der Waals surface area contributed by atoms with Gasteiger partial charge in [0.25, 0.3) is 5.91 Å². The first-order chi connectivity index (χ1) is 10.6. The number of fused-ring (bicyclic) bond motifs is 1. The zero-order chi connectivity index (χ0) is 15.7. The topological polar surface area (TPSA) is 68.0 Å². The quantitative estimate of drug-likeness (QED) is 0.934. The van der Waals surface area contributed by atoms with Crippen molar-refractivity contribution in [3.63, 3.8) is 0 Å². The molecule has 5 nitrogen and oxygen atoms in total. The van der Waals surface area contributed by atoms with E-state index in [-0.39, 0.29) is 17.9 Å². The summed E-state index contributed by atoms with van der Waals surface area (Å²) in [5.74, 6) is 1.21. The fourth-order valence-electron chi connectivity index (χ4n) is 2.69. The van der Waals surface area contributed by atoms with Crippen molar-refractivity contribution in [3.8, 4) is 0 Å². The van der Waals surface area contributed by atoms with Crippen molar-refractivity contribution in [1.29, 1.82) is 0 Å². The van der Waals surface area contributed by atoms with Crippen LogP contribution in [0.1, 0.15) is 78.2 Å². The zero-order valence-corrected chi connectivity index (χ0v) is 14.0. The predicted molar refractivity (Wildman–Crippen MR) is 85.2 cm³/mol. The van der Waals surface area contributed by atoms with Gasteiger partial charge in [0.15, 0.2) is 0 Å². The molecule has 0 saturated carbocycles. The van der Waals surface area contributed by atoms with Gasteiger partial charge in [-0.1, -0.05) is 13.8 Å². The van der Waals surface area contributed by atoms with Gasteiger partial charge in [-0.25, -0.2) is 0 Å².